The third-order valence-corrected chi connectivity index (χ3v) is 1.26. The average Bonchev–Trinajstić information content (AvgIpc) is 2.01. The summed E-state index contributed by atoms with van der Waals surface area (Å²) in [6.07, 6.45) is 0.705. The quantitative estimate of drug-likeness (QED) is 0.314. The van der Waals surface area contributed by atoms with E-state index in [0.717, 1.165) is 0 Å². The molecule has 76 valence electrons. The Hall–Kier alpha value is -1.24. The van der Waals surface area contributed by atoms with Gasteiger partial charge in [-0.1, -0.05) is 0 Å². The molecule has 0 radical (unpaired) electrons. The summed E-state index contributed by atoms with van der Waals surface area (Å²) in [5, 5.41) is 19.7. The zero-order valence-corrected chi connectivity index (χ0v) is 7.18. The van der Waals surface area contributed by atoms with Crippen molar-refractivity contribution in [3.05, 3.63) is 20.2 Å². The monoisotopic (exact) mass is 192 g/mol. The van der Waals surface area contributed by atoms with E-state index in [9.17, 15) is 20.2 Å². The van der Waals surface area contributed by atoms with Gasteiger partial charge in [-0.3, -0.25) is 20.2 Å². The van der Waals surface area contributed by atoms with E-state index in [1.54, 1.807) is 0 Å². The Morgan fingerprint density at radius 2 is 1.31 bits per heavy atom. The second-order valence-electron chi connectivity index (χ2n) is 2.43. The third kappa shape index (κ3) is 10.8. The summed E-state index contributed by atoms with van der Waals surface area (Å²) in [5.74, 6) is 0. The molecule has 0 aliphatic rings. The van der Waals surface area contributed by atoms with Gasteiger partial charge in [0.2, 0.25) is 13.1 Å². The Morgan fingerprint density at radius 3 is 1.62 bits per heavy atom. The minimum Gasteiger partial charge on any atom is -0.381 e. The molecule has 0 N–H and O–H groups in total. The highest BCUT2D eigenvalue weighted by molar-refractivity contribution is 4.36. The molecule has 0 rings (SSSR count). The first-order valence-corrected chi connectivity index (χ1v) is 3.94. The molecule has 0 saturated heterocycles. The maximum Gasteiger partial charge on any atom is 0.206 e. The van der Waals surface area contributed by atoms with Gasteiger partial charge in [0.25, 0.3) is 0 Å². The molecule has 0 aromatic heterocycles. The molecular formula is C6H12N2O5. The van der Waals surface area contributed by atoms with Gasteiger partial charge in [0.1, 0.15) is 0 Å². The van der Waals surface area contributed by atoms with E-state index in [1.807, 2.05) is 0 Å². The summed E-state index contributed by atoms with van der Waals surface area (Å²) < 4.78 is 4.93. The minimum absolute atomic E-state index is 0.116. The molecule has 0 aromatic rings. The Balaban J connectivity index is 3.00. The van der Waals surface area contributed by atoms with Crippen LogP contribution in [0.1, 0.15) is 12.8 Å². The topological polar surface area (TPSA) is 95.5 Å². The third-order valence-electron chi connectivity index (χ3n) is 1.26. The fraction of sp³-hybridized carbons (Fsp3) is 1.00. The van der Waals surface area contributed by atoms with Crippen molar-refractivity contribution in [3.8, 4) is 0 Å². The van der Waals surface area contributed by atoms with Crippen LogP contribution in [0, 0.1) is 20.2 Å². The van der Waals surface area contributed by atoms with E-state index in [-0.39, 0.29) is 13.1 Å². The van der Waals surface area contributed by atoms with E-state index < -0.39 is 9.85 Å². The second-order valence-corrected chi connectivity index (χ2v) is 2.43. The molecule has 0 aliphatic carbocycles. The van der Waals surface area contributed by atoms with Crippen LogP contribution in [0.15, 0.2) is 0 Å². The van der Waals surface area contributed by atoms with Crippen molar-refractivity contribution in [2.45, 2.75) is 12.8 Å². The van der Waals surface area contributed by atoms with Gasteiger partial charge in [-0.15, -0.1) is 0 Å². The summed E-state index contributed by atoms with van der Waals surface area (Å²) in [6.45, 7) is 0.349. The Morgan fingerprint density at radius 1 is 0.923 bits per heavy atom. The number of nitro groups is 2. The Bertz CT molecular complexity index is 154. The van der Waals surface area contributed by atoms with Crippen molar-refractivity contribution in [2.24, 2.45) is 0 Å². The van der Waals surface area contributed by atoms with Crippen LogP contribution in [-0.4, -0.2) is 36.1 Å². The molecule has 0 heterocycles. The molecule has 0 fully saturated rings. The number of rotatable bonds is 8. The van der Waals surface area contributed by atoms with Crippen molar-refractivity contribution in [3.63, 3.8) is 0 Å². The lowest BCUT2D eigenvalue weighted by Crippen LogP contribution is -2.08. The van der Waals surface area contributed by atoms with Crippen LogP contribution < -0.4 is 0 Å². The predicted molar refractivity (Wildman–Crippen MR) is 43.8 cm³/mol. The summed E-state index contributed by atoms with van der Waals surface area (Å²) >= 11 is 0. The van der Waals surface area contributed by atoms with E-state index in [1.165, 1.54) is 0 Å². The summed E-state index contributed by atoms with van der Waals surface area (Å²) in [6, 6.07) is 0. The lowest BCUT2D eigenvalue weighted by Gasteiger charge is -1.99. The largest absolute Gasteiger partial charge is 0.381 e. The van der Waals surface area contributed by atoms with Gasteiger partial charge in [-0.25, -0.2) is 0 Å². The molecule has 0 aliphatic heterocycles. The van der Waals surface area contributed by atoms with E-state index in [4.69, 9.17) is 4.74 Å². The van der Waals surface area contributed by atoms with E-state index in [0.29, 0.717) is 26.1 Å². The van der Waals surface area contributed by atoms with Crippen LogP contribution in [0.4, 0.5) is 0 Å². The van der Waals surface area contributed by atoms with Gasteiger partial charge in [-0.2, -0.15) is 0 Å². The number of nitrogens with zero attached hydrogens (tertiary/aromatic N) is 2. The van der Waals surface area contributed by atoms with Gasteiger partial charge >= 0.3 is 0 Å². The van der Waals surface area contributed by atoms with Crippen LogP contribution in [0.5, 0.6) is 0 Å². The Kier molecular flexibility index (Phi) is 6.70. The molecule has 0 bridgehead atoms. The van der Waals surface area contributed by atoms with Gasteiger partial charge in [0.15, 0.2) is 0 Å². The molecule has 13 heavy (non-hydrogen) atoms. The van der Waals surface area contributed by atoms with Crippen LogP contribution in [0.2, 0.25) is 0 Å². The highest BCUT2D eigenvalue weighted by atomic mass is 16.6. The number of ether oxygens (including phenoxy) is 1. The molecule has 0 amide bonds. The minimum atomic E-state index is -0.416. The van der Waals surface area contributed by atoms with Crippen LogP contribution in [-0.2, 0) is 4.74 Å². The highest BCUT2D eigenvalue weighted by Gasteiger charge is 1.98. The summed E-state index contributed by atoms with van der Waals surface area (Å²) in [4.78, 5) is 18.8. The van der Waals surface area contributed by atoms with E-state index in [2.05, 4.69) is 0 Å². The van der Waals surface area contributed by atoms with E-state index >= 15 is 0 Å². The van der Waals surface area contributed by atoms with Gasteiger partial charge in [0, 0.05) is 22.7 Å². The molecule has 0 aromatic carbocycles. The zero-order chi connectivity index (χ0) is 10.1. The van der Waals surface area contributed by atoms with Crippen molar-refractivity contribution in [1.82, 2.24) is 0 Å². The molecule has 0 atom stereocenters. The average molecular weight is 192 g/mol. The van der Waals surface area contributed by atoms with Crippen molar-refractivity contribution < 1.29 is 14.6 Å². The number of hydrogen-bond donors (Lipinski definition) is 0. The molecule has 7 heteroatoms. The lowest BCUT2D eigenvalue weighted by atomic mass is 10.4. The predicted octanol–water partition coefficient (Wildman–Crippen LogP) is 0.337. The van der Waals surface area contributed by atoms with Gasteiger partial charge < -0.3 is 4.74 Å². The smallest absolute Gasteiger partial charge is 0.206 e. The highest BCUT2D eigenvalue weighted by Crippen LogP contribution is 1.87. The molecule has 0 unspecified atom stereocenters. The molecule has 0 saturated carbocycles. The van der Waals surface area contributed by atoms with Crippen molar-refractivity contribution >= 4 is 0 Å². The standard InChI is InChI=1S/C6H12N2O5/c9-7(10)3-1-5-13-6-2-4-8(11)12/h1-6H2. The summed E-state index contributed by atoms with van der Waals surface area (Å²) in [7, 11) is 0. The van der Waals surface area contributed by atoms with Gasteiger partial charge in [0.05, 0.1) is 13.2 Å². The molecular weight excluding hydrogens is 180 g/mol. The molecule has 7 nitrogen and oxygen atoms in total. The lowest BCUT2D eigenvalue weighted by molar-refractivity contribution is -0.482. The normalized spacial score (nSPS) is 9.85. The SMILES string of the molecule is O=[N+]([O-])CCCOCCC[N+](=O)[O-]. The van der Waals surface area contributed by atoms with Gasteiger partial charge in [-0.05, 0) is 0 Å². The first-order chi connectivity index (χ1) is 6.13. The molecule has 0 spiro atoms. The van der Waals surface area contributed by atoms with Crippen LogP contribution >= 0.6 is 0 Å². The van der Waals surface area contributed by atoms with Crippen molar-refractivity contribution in [2.75, 3.05) is 26.3 Å². The maximum absolute atomic E-state index is 9.84. The summed E-state index contributed by atoms with van der Waals surface area (Å²) in [5.41, 5.74) is 0. The van der Waals surface area contributed by atoms with Crippen LogP contribution in [0.25, 0.3) is 0 Å². The first-order valence-electron chi connectivity index (χ1n) is 3.94. The fourth-order valence-electron chi connectivity index (χ4n) is 0.693. The first kappa shape index (κ1) is 11.8. The number of hydrogen-bond acceptors (Lipinski definition) is 5. The van der Waals surface area contributed by atoms with Crippen molar-refractivity contribution in [1.29, 1.82) is 0 Å². The maximum atomic E-state index is 9.84. The zero-order valence-electron chi connectivity index (χ0n) is 7.18. The fourth-order valence-corrected chi connectivity index (χ4v) is 0.693. The van der Waals surface area contributed by atoms with Crippen LogP contribution in [0.3, 0.4) is 0 Å². The second kappa shape index (κ2) is 7.41. The Labute approximate surface area is 75.0 Å².